The molecule has 2 rings (SSSR count). The summed E-state index contributed by atoms with van der Waals surface area (Å²) in [4.78, 5) is 0. The van der Waals surface area contributed by atoms with Crippen molar-refractivity contribution in [3.63, 3.8) is 0 Å². The average Bonchev–Trinajstić information content (AvgIpc) is 3.08. The molecule has 2 aliphatic rings. The number of hydrogen-bond donors (Lipinski definition) is 0. The predicted octanol–water partition coefficient (Wildman–Crippen LogP) is 9.40. The van der Waals surface area contributed by atoms with E-state index in [-0.39, 0.29) is 14.9 Å². The van der Waals surface area contributed by atoms with Gasteiger partial charge < -0.3 is 14.9 Å². The Hall–Kier alpha value is 1.68. The van der Waals surface area contributed by atoms with Gasteiger partial charge >= 0.3 is 37.9 Å². The van der Waals surface area contributed by atoms with Crippen molar-refractivity contribution in [3.05, 3.63) is 14.9 Å². The van der Waals surface area contributed by atoms with Crippen LogP contribution in [0, 0.1) is 37.5 Å². The van der Waals surface area contributed by atoms with Gasteiger partial charge in [-0.25, -0.2) is 0 Å². The van der Waals surface area contributed by atoms with E-state index in [9.17, 15) is 0 Å². The van der Waals surface area contributed by atoms with E-state index in [1.54, 1.807) is 12.8 Å². The molecule has 0 N–H and O–H groups in total. The standard InChI is InChI=1S/C20H40Si.2CH3.2ClH.Zr/c1-19(2,3)15-9-11-17(13-15)21(7,8)18-12-10-16(14-18)20(4,5)6;;;;;/h15-18H,9-14H2,1-8H3;2*1H3;2*1H;/q;2*-1;;;+4/p-2. The molecule has 0 aliphatic heterocycles. The van der Waals surface area contributed by atoms with E-state index in [0.717, 1.165) is 22.9 Å². The molecule has 4 atom stereocenters. The topological polar surface area (TPSA) is 0 Å². The molecule has 4 heteroatoms. The van der Waals surface area contributed by atoms with Gasteiger partial charge in [0.05, 0.1) is 8.07 Å². The molecule has 156 valence electrons. The van der Waals surface area contributed by atoms with E-state index in [4.69, 9.17) is 17.0 Å². The molecule has 2 fully saturated rings. The summed E-state index contributed by atoms with van der Waals surface area (Å²) in [6.45, 7) is 20.2. The normalized spacial score (nSPS) is 29.0. The van der Waals surface area contributed by atoms with E-state index >= 15 is 0 Å². The number of halogens is 2. The molecular formula is C22H46Cl2SiZr. The van der Waals surface area contributed by atoms with Crippen molar-refractivity contribution >= 4 is 25.1 Å². The van der Waals surface area contributed by atoms with E-state index in [0.29, 0.717) is 10.8 Å². The van der Waals surface area contributed by atoms with Gasteiger partial charge in [0.15, 0.2) is 0 Å². The Labute approximate surface area is 186 Å². The maximum absolute atomic E-state index is 4.93. The van der Waals surface area contributed by atoms with Gasteiger partial charge in [0.1, 0.15) is 0 Å². The molecular weight excluding hydrogens is 454 g/mol. The quantitative estimate of drug-likeness (QED) is 0.262. The molecule has 0 radical (unpaired) electrons. The summed E-state index contributed by atoms with van der Waals surface area (Å²) in [7, 11) is 8.79. The zero-order chi connectivity index (χ0) is 18.8. The van der Waals surface area contributed by atoms with Crippen molar-refractivity contribution in [3.8, 4) is 0 Å². The van der Waals surface area contributed by atoms with Crippen molar-refractivity contribution in [1.82, 2.24) is 0 Å². The molecule has 0 bridgehead atoms. The van der Waals surface area contributed by atoms with Gasteiger partial charge in [0.2, 0.25) is 0 Å². The Morgan fingerprint density at radius 3 is 1.15 bits per heavy atom. The Morgan fingerprint density at radius 2 is 0.962 bits per heavy atom. The van der Waals surface area contributed by atoms with Gasteiger partial charge in [-0.05, 0) is 59.4 Å². The van der Waals surface area contributed by atoms with Crippen LogP contribution in [0.25, 0.3) is 0 Å². The fourth-order valence-corrected chi connectivity index (χ4v) is 9.49. The molecule has 0 aromatic rings. The van der Waals surface area contributed by atoms with Crippen LogP contribution < -0.4 is 0 Å². The number of rotatable bonds is 2. The summed E-state index contributed by atoms with van der Waals surface area (Å²) in [6, 6.07) is 0. The minimum absolute atomic E-state index is 0. The van der Waals surface area contributed by atoms with Crippen molar-refractivity contribution in [2.24, 2.45) is 22.7 Å². The molecule has 26 heavy (non-hydrogen) atoms. The summed E-state index contributed by atoms with van der Waals surface area (Å²) >= 11 is -0.826. The molecule has 0 aromatic heterocycles. The summed E-state index contributed by atoms with van der Waals surface area (Å²) in [5, 5.41) is 0. The molecule has 0 aromatic carbocycles. The van der Waals surface area contributed by atoms with Crippen LogP contribution >= 0.6 is 17.0 Å². The van der Waals surface area contributed by atoms with E-state index < -0.39 is 28.9 Å². The van der Waals surface area contributed by atoms with E-state index in [1.165, 1.54) is 25.7 Å². The van der Waals surface area contributed by atoms with Crippen LogP contribution in [-0.2, 0) is 20.8 Å². The van der Waals surface area contributed by atoms with Crippen LogP contribution in [-0.4, -0.2) is 8.07 Å². The SMILES string of the molecule is CC(C)(C)C1CCC([Si](C)(C)C2CCC(C(C)(C)C)C2)C1.[CH3-].[CH3-].[Cl][Zr+2][Cl]. The first kappa shape index (κ1) is 29.9. The van der Waals surface area contributed by atoms with Crippen LogP contribution in [0.4, 0.5) is 0 Å². The first-order valence-corrected chi connectivity index (χ1v) is 19.3. The van der Waals surface area contributed by atoms with E-state index in [1.807, 2.05) is 0 Å². The third-order valence-corrected chi connectivity index (χ3v) is 12.7. The molecule has 0 heterocycles. The monoisotopic (exact) mass is 498 g/mol. The van der Waals surface area contributed by atoms with Gasteiger partial charge in [-0.2, -0.15) is 0 Å². The van der Waals surface area contributed by atoms with Crippen LogP contribution in [0.1, 0.15) is 80.1 Å². The molecule has 0 nitrogen and oxygen atoms in total. The van der Waals surface area contributed by atoms with E-state index in [2.05, 4.69) is 54.6 Å². The maximum atomic E-state index is 4.93. The zero-order valence-electron chi connectivity index (χ0n) is 19.3. The Balaban J connectivity index is 0. The first-order valence-electron chi connectivity index (χ1n) is 9.80. The van der Waals surface area contributed by atoms with Crippen molar-refractivity contribution in [2.75, 3.05) is 0 Å². The summed E-state index contributed by atoms with van der Waals surface area (Å²) in [5.41, 5.74) is 3.27. The van der Waals surface area contributed by atoms with Gasteiger partial charge in [0, 0.05) is 0 Å². The molecule has 4 unspecified atom stereocenters. The predicted molar refractivity (Wildman–Crippen MR) is 123 cm³/mol. The fourth-order valence-electron chi connectivity index (χ4n) is 5.22. The molecule has 2 aliphatic carbocycles. The molecule has 0 saturated heterocycles. The zero-order valence-corrected chi connectivity index (χ0v) is 24.3. The van der Waals surface area contributed by atoms with Crippen molar-refractivity contribution in [2.45, 2.75) is 104 Å². The Kier molecular flexibility index (Phi) is 13.5. The number of hydrogen-bond acceptors (Lipinski definition) is 0. The third kappa shape index (κ3) is 8.20. The Bertz CT molecular complexity index is 351. The van der Waals surface area contributed by atoms with Crippen LogP contribution in [0.2, 0.25) is 24.2 Å². The van der Waals surface area contributed by atoms with Crippen LogP contribution in [0.5, 0.6) is 0 Å². The average molecular weight is 501 g/mol. The Morgan fingerprint density at radius 1 is 0.692 bits per heavy atom. The summed E-state index contributed by atoms with van der Waals surface area (Å²) in [5.74, 6) is 1.96. The van der Waals surface area contributed by atoms with Gasteiger partial charge in [-0.1, -0.05) is 67.5 Å². The van der Waals surface area contributed by atoms with Gasteiger partial charge in [-0.3, -0.25) is 0 Å². The second kappa shape index (κ2) is 11.8. The van der Waals surface area contributed by atoms with Crippen molar-refractivity contribution < 1.29 is 20.8 Å². The van der Waals surface area contributed by atoms with Crippen LogP contribution in [0.15, 0.2) is 0 Å². The second-order valence-corrected chi connectivity index (χ2v) is 20.0. The van der Waals surface area contributed by atoms with Crippen LogP contribution in [0.3, 0.4) is 0 Å². The third-order valence-electron chi connectivity index (χ3n) is 7.42. The second-order valence-electron chi connectivity index (χ2n) is 11.0. The van der Waals surface area contributed by atoms with Crippen molar-refractivity contribution in [1.29, 1.82) is 0 Å². The molecule has 0 amide bonds. The first-order chi connectivity index (χ1) is 10.8. The summed E-state index contributed by atoms with van der Waals surface area (Å²) in [6.07, 6.45) is 9.16. The molecule has 2 saturated carbocycles. The molecule has 0 spiro atoms. The fraction of sp³-hybridized carbons (Fsp3) is 0.909. The summed E-state index contributed by atoms with van der Waals surface area (Å²) < 4.78 is 0. The van der Waals surface area contributed by atoms with Gasteiger partial charge in [0.25, 0.3) is 0 Å². The van der Waals surface area contributed by atoms with Gasteiger partial charge in [-0.15, -0.1) is 0 Å². The minimum atomic E-state index is -1.08.